The van der Waals surface area contributed by atoms with Crippen LogP contribution in [0.15, 0.2) is 37.6 Å². The van der Waals surface area contributed by atoms with Crippen molar-refractivity contribution in [3.8, 4) is 0 Å². The molecular weight excluding hydrogens is 382 g/mol. The van der Waals surface area contributed by atoms with E-state index < -0.39 is 10.0 Å². The molecule has 0 spiro atoms. The molecule has 0 aliphatic carbocycles. The van der Waals surface area contributed by atoms with Gasteiger partial charge in [-0.05, 0) is 39.5 Å². The van der Waals surface area contributed by atoms with E-state index in [1.54, 1.807) is 30.6 Å². The van der Waals surface area contributed by atoms with Crippen molar-refractivity contribution in [2.24, 2.45) is 0 Å². The van der Waals surface area contributed by atoms with Crippen LogP contribution in [0.25, 0.3) is 0 Å². The van der Waals surface area contributed by atoms with Crippen molar-refractivity contribution in [1.29, 1.82) is 0 Å². The third-order valence-electron chi connectivity index (χ3n) is 2.60. The zero-order valence-electron chi connectivity index (χ0n) is 10.8. The first kappa shape index (κ1) is 16.1. The van der Waals surface area contributed by atoms with E-state index in [4.69, 9.17) is 4.74 Å². The largest absolute Gasteiger partial charge is 0.383 e. The van der Waals surface area contributed by atoms with E-state index in [9.17, 15) is 8.42 Å². The van der Waals surface area contributed by atoms with Gasteiger partial charge in [0.1, 0.15) is 4.21 Å². The van der Waals surface area contributed by atoms with Gasteiger partial charge in [0.2, 0.25) is 0 Å². The summed E-state index contributed by atoms with van der Waals surface area (Å²) in [6.45, 7) is 1.09. The summed E-state index contributed by atoms with van der Waals surface area (Å²) in [5.74, 6) is 0. The van der Waals surface area contributed by atoms with Crippen molar-refractivity contribution in [1.82, 2.24) is 4.31 Å². The Bertz CT molecular complexity index is 637. The van der Waals surface area contributed by atoms with E-state index in [1.165, 1.54) is 15.6 Å². The molecule has 110 valence electrons. The molecule has 0 fully saturated rings. The molecular formula is C12H14BrNO3S3. The van der Waals surface area contributed by atoms with Crippen molar-refractivity contribution in [2.75, 3.05) is 20.3 Å². The summed E-state index contributed by atoms with van der Waals surface area (Å²) in [6.07, 6.45) is 0. The zero-order valence-corrected chi connectivity index (χ0v) is 14.8. The Balaban J connectivity index is 2.25. The Morgan fingerprint density at radius 3 is 2.70 bits per heavy atom. The lowest BCUT2D eigenvalue weighted by molar-refractivity contribution is 0.178. The fourth-order valence-electron chi connectivity index (χ4n) is 1.62. The molecule has 2 heterocycles. The number of ether oxygens (including phenoxy) is 1. The van der Waals surface area contributed by atoms with Crippen molar-refractivity contribution < 1.29 is 13.2 Å². The third-order valence-corrected chi connectivity index (χ3v) is 7.40. The summed E-state index contributed by atoms with van der Waals surface area (Å²) in [5, 5.41) is 1.94. The number of sulfonamides is 1. The average molecular weight is 396 g/mol. The Hall–Kier alpha value is -0.250. The minimum atomic E-state index is -3.48. The lowest BCUT2D eigenvalue weighted by Gasteiger charge is -2.20. The zero-order chi connectivity index (χ0) is 14.6. The highest BCUT2D eigenvalue weighted by molar-refractivity contribution is 9.11. The first-order valence-corrected chi connectivity index (χ1v) is 9.74. The van der Waals surface area contributed by atoms with Crippen LogP contribution in [0.2, 0.25) is 0 Å². The van der Waals surface area contributed by atoms with Gasteiger partial charge in [-0.1, -0.05) is 6.07 Å². The summed E-state index contributed by atoms with van der Waals surface area (Å²) in [5.41, 5.74) is 0. The Labute approximate surface area is 135 Å². The fourth-order valence-corrected chi connectivity index (χ4v) is 5.98. The lowest BCUT2D eigenvalue weighted by atomic mass is 10.4. The molecule has 20 heavy (non-hydrogen) atoms. The Kier molecular flexibility index (Phi) is 5.76. The maximum absolute atomic E-state index is 12.6. The molecule has 0 bridgehead atoms. The standard InChI is InChI=1S/C12H14BrNO3S3/c1-17-7-6-14(9-10-3-2-8-18-10)20(15,16)12-5-4-11(13)19-12/h2-5,8H,6-7,9H2,1H3. The van der Waals surface area contributed by atoms with Gasteiger partial charge >= 0.3 is 0 Å². The van der Waals surface area contributed by atoms with Gasteiger partial charge in [0.15, 0.2) is 0 Å². The van der Waals surface area contributed by atoms with Gasteiger partial charge in [0.25, 0.3) is 10.0 Å². The Morgan fingerprint density at radius 1 is 1.35 bits per heavy atom. The number of rotatable bonds is 7. The topological polar surface area (TPSA) is 46.6 Å². The number of hydrogen-bond acceptors (Lipinski definition) is 5. The molecule has 0 N–H and O–H groups in total. The SMILES string of the molecule is COCCN(Cc1cccs1)S(=O)(=O)c1ccc(Br)s1. The highest BCUT2D eigenvalue weighted by Gasteiger charge is 2.26. The first-order valence-electron chi connectivity index (χ1n) is 5.81. The predicted molar refractivity (Wildman–Crippen MR) is 85.8 cm³/mol. The van der Waals surface area contributed by atoms with Crippen molar-refractivity contribution >= 4 is 48.6 Å². The van der Waals surface area contributed by atoms with Gasteiger partial charge in [0, 0.05) is 25.1 Å². The average Bonchev–Trinajstić information content (AvgIpc) is 3.05. The second kappa shape index (κ2) is 7.15. The van der Waals surface area contributed by atoms with Gasteiger partial charge in [-0.15, -0.1) is 22.7 Å². The maximum atomic E-state index is 12.6. The van der Waals surface area contributed by atoms with Crippen molar-refractivity contribution in [3.63, 3.8) is 0 Å². The molecule has 2 aromatic rings. The van der Waals surface area contributed by atoms with E-state index >= 15 is 0 Å². The lowest BCUT2D eigenvalue weighted by Crippen LogP contribution is -2.32. The summed E-state index contributed by atoms with van der Waals surface area (Å²) in [7, 11) is -1.91. The maximum Gasteiger partial charge on any atom is 0.252 e. The summed E-state index contributed by atoms with van der Waals surface area (Å²) in [4.78, 5) is 1.01. The Morgan fingerprint density at radius 2 is 2.15 bits per heavy atom. The minimum Gasteiger partial charge on any atom is -0.383 e. The molecule has 0 radical (unpaired) electrons. The van der Waals surface area contributed by atoms with Crippen molar-refractivity contribution in [3.05, 3.63) is 38.3 Å². The highest BCUT2D eigenvalue weighted by atomic mass is 79.9. The van der Waals surface area contributed by atoms with Crippen LogP contribution < -0.4 is 0 Å². The van der Waals surface area contributed by atoms with Crippen LogP contribution >= 0.6 is 38.6 Å². The van der Waals surface area contributed by atoms with Gasteiger partial charge < -0.3 is 4.74 Å². The van der Waals surface area contributed by atoms with E-state index in [2.05, 4.69) is 15.9 Å². The number of methoxy groups -OCH3 is 1. The number of halogens is 1. The summed E-state index contributed by atoms with van der Waals surface area (Å²) in [6, 6.07) is 7.22. The fraction of sp³-hybridized carbons (Fsp3) is 0.333. The van der Waals surface area contributed by atoms with Gasteiger partial charge in [-0.25, -0.2) is 8.42 Å². The second-order valence-corrected chi connectivity index (χ2v) is 9.63. The molecule has 8 heteroatoms. The van der Waals surface area contributed by atoms with Crippen LogP contribution in [-0.4, -0.2) is 33.0 Å². The molecule has 2 rings (SSSR count). The second-order valence-electron chi connectivity index (χ2n) is 3.97. The van der Waals surface area contributed by atoms with Gasteiger partial charge in [-0.3, -0.25) is 0 Å². The molecule has 0 saturated heterocycles. The minimum absolute atomic E-state index is 0.340. The summed E-state index contributed by atoms with van der Waals surface area (Å²) >= 11 is 6.07. The van der Waals surface area contributed by atoms with Crippen LogP contribution in [0.5, 0.6) is 0 Å². The predicted octanol–water partition coefficient (Wildman–Crippen LogP) is 3.41. The first-order chi connectivity index (χ1) is 9.54. The molecule has 4 nitrogen and oxygen atoms in total. The van der Waals surface area contributed by atoms with Crippen LogP contribution in [0.4, 0.5) is 0 Å². The van der Waals surface area contributed by atoms with Gasteiger partial charge in [0.05, 0.1) is 10.4 Å². The molecule has 0 amide bonds. The van der Waals surface area contributed by atoms with Crippen LogP contribution in [0.3, 0.4) is 0 Å². The van der Waals surface area contributed by atoms with Crippen LogP contribution in [0.1, 0.15) is 4.88 Å². The van der Waals surface area contributed by atoms with E-state index in [1.807, 2.05) is 17.5 Å². The van der Waals surface area contributed by atoms with Crippen molar-refractivity contribution in [2.45, 2.75) is 10.8 Å². The molecule has 0 aliphatic heterocycles. The molecule has 0 aliphatic rings. The monoisotopic (exact) mass is 395 g/mol. The van der Waals surface area contributed by atoms with E-state index in [0.717, 1.165) is 8.66 Å². The highest BCUT2D eigenvalue weighted by Crippen LogP contribution is 2.29. The van der Waals surface area contributed by atoms with E-state index in [0.29, 0.717) is 23.9 Å². The molecule has 0 saturated carbocycles. The number of thiophene rings is 2. The number of nitrogens with zero attached hydrogens (tertiary/aromatic N) is 1. The van der Waals surface area contributed by atoms with E-state index in [-0.39, 0.29) is 0 Å². The molecule has 2 aromatic heterocycles. The summed E-state index contributed by atoms with van der Waals surface area (Å²) < 4.78 is 32.9. The third kappa shape index (κ3) is 3.90. The normalized spacial score (nSPS) is 12.2. The van der Waals surface area contributed by atoms with Crippen LogP contribution in [0, 0.1) is 0 Å². The molecule has 0 unspecified atom stereocenters. The van der Waals surface area contributed by atoms with Crippen LogP contribution in [-0.2, 0) is 21.3 Å². The number of hydrogen-bond donors (Lipinski definition) is 0. The molecule has 0 aromatic carbocycles. The smallest absolute Gasteiger partial charge is 0.252 e. The van der Waals surface area contributed by atoms with Gasteiger partial charge in [-0.2, -0.15) is 4.31 Å². The molecule has 0 atom stereocenters. The quantitative estimate of drug-likeness (QED) is 0.721.